The molecule has 2 heterocycles. The zero-order valence-corrected chi connectivity index (χ0v) is 11.3. The standard InChI is InChI=1S/C12H17N5O2/c1-8-10(13)11(17(3)15-8)12(18)19-5-4-9-6-14-16(2)7-9/h6-7H,4-5,13H2,1-3H3. The van der Waals surface area contributed by atoms with Gasteiger partial charge in [0.15, 0.2) is 5.69 Å². The summed E-state index contributed by atoms with van der Waals surface area (Å²) < 4.78 is 8.35. The van der Waals surface area contributed by atoms with Gasteiger partial charge in [0.25, 0.3) is 0 Å². The van der Waals surface area contributed by atoms with Crippen LogP contribution in [0.1, 0.15) is 21.7 Å². The minimum atomic E-state index is -0.454. The predicted octanol–water partition coefficient (Wildman–Crippen LogP) is 0.444. The van der Waals surface area contributed by atoms with Crippen LogP contribution >= 0.6 is 0 Å². The van der Waals surface area contributed by atoms with Crippen molar-refractivity contribution >= 4 is 11.7 Å². The second-order valence-electron chi connectivity index (χ2n) is 4.38. The summed E-state index contributed by atoms with van der Waals surface area (Å²) >= 11 is 0. The first-order chi connectivity index (χ1) is 8.99. The van der Waals surface area contributed by atoms with Crippen LogP contribution in [0.2, 0.25) is 0 Å². The highest BCUT2D eigenvalue weighted by Gasteiger charge is 2.19. The van der Waals surface area contributed by atoms with Gasteiger partial charge in [-0.15, -0.1) is 0 Å². The minimum Gasteiger partial charge on any atom is -0.461 e. The molecule has 2 aromatic rings. The molecule has 7 heteroatoms. The summed E-state index contributed by atoms with van der Waals surface area (Å²) in [5, 5.41) is 8.12. The van der Waals surface area contributed by atoms with Crippen molar-refractivity contribution in [2.24, 2.45) is 14.1 Å². The topological polar surface area (TPSA) is 88.0 Å². The molecule has 0 amide bonds. The number of esters is 1. The van der Waals surface area contributed by atoms with Crippen LogP contribution in [0.4, 0.5) is 5.69 Å². The van der Waals surface area contributed by atoms with E-state index in [0.717, 1.165) is 5.56 Å². The molecule has 102 valence electrons. The molecule has 0 aromatic carbocycles. The van der Waals surface area contributed by atoms with Crippen LogP contribution in [0.5, 0.6) is 0 Å². The zero-order chi connectivity index (χ0) is 14.0. The fourth-order valence-corrected chi connectivity index (χ4v) is 1.85. The highest BCUT2D eigenvalue weighted by atomic mass is 16.5. The first kappa shape index (κ1) is 13.1. The van der Waals surface area contributed by atoms with Gasteiger partial charge in [0.1, 0.15) is 0 Å². The lowest BCUT2D eigenvalue weighted by molar-refractivity contribution is 0.0498. The van der Waals surface area contributed by atoms with Crippen LogP contribution in [0.25, 0.3) is 0 Å². The molecule has 0 aliphatic heterocycles. The number of hydrogen-bond acceptors (Lipinski definition) is 5. The Morgan fingerprint density at radius 2 is 2.21 bits per heavy atom. The number of nitrogens with two attached hydrogens (primary N) is 1. The molecule has 0 saturated carbocycles. The molecule has 2 N–H and O–H groups in total. The van der Waals surface area contributed by atoms with Crippen molar-refractivity contribution in [1.82, 2.24) is 19.6 Å². The number of ether oxygens (including phenoxy) is 1. The van der Waals surface area contributed by atoms with E-state index in [-0.39, 0.29) is 6.61 Å². The largest absolute Gasteiger partial charge is 0.461 e. The summed E-state index contributed by atoms with van der Waals surface area (Å²) in [6.07, 6.45) is 4.25. The normalized spacial score (nSPS) is 10.7. The van der Waals surface area contributed by atoms with Crippen LogP contribution in [0, 0.1) is 6.92 Å². The summed E-state index contributed by atoms with van der Waals surface area (Å²) in [5.41, 5.74) is 8.10. The third-order valence-corrected chi connectivity index (χ3v) is 2.84. The van der Waals surface area contributed by atoms with Crippen LogP contribution < -0.4 is 5.73 Å². The summed E-state index contributed by atoms with van der Waals surface area (Å²) in [6, 6.07) is 0. The molecular formula is C12H17N5O2. The maximum Gasteiger partial charge on any atom is 0.358 e. The number of hydrogen-bond donors (Lipinski definition) is 1. The highest BCUT2D eigenvalue weighted by Crippen LogP contribution is 2.16. The number of rotatable bonds is 4. The fourth-order valence-electron chi connectivity index (χ4n) is 1.85. The highest BCUT2D eigenvalue weighted by molar-refractivity contribution is 5.93. The lowest BCUT2D eigenvalue weighted by atomic mass is 10.3. The van der Waals surface area contributed by atoms with Crippen molar-refractivity contribution in [3.05, 3.63) is 29.3 Å². The van der Waals surface area contributed by atoms with Crippen LogP contribution in [-0.4, -0.2) is 32.1 Å². The molecule has 2 rings (SSSR count). The van der Waals surface area contributed by atoms with E-state index >= 15 is 0 Å². The van der Waals surface area contributed by atoms with E-state index in [1.165, 1.54) is 4.68 Å². The van der Waals surface area contributed by atoms with Gasteiger partial charge < -0.3 is 10.5 Å². The van der Waals surface area contributed by atoms with E-state index in [4.69, 9.17) is 10.5 Å². The fraction of sp³-hybridized carbons (Fsp3) is 0.417. The monoisotopic (exact) mass is 263 g/mol. The maximum absolute atomic E-state index is 11.9. The van der Waals surface area contributed by atoms with Crippen LogP contribution in [-0.2, 0) is 25.3 Å². The summed E-state index contributed by atoms with van der Waals surface area (Å²) in [5.74, 6) is -0.454. The Kier molecular flexibility index (Phi) is 3.55. The third-order valence-electron chi connectivity index (χ3n) is 2.84. The number of nitrogens with zero attached hydrogens (tertiary/aromatic N) is 4. The quantitative estimate of drug-likeness (QED) is 0.809. The number of carbonyl (C=O) groups excluding carboxylic acids is 1. The number of anilines is 1. The van der Waals surface area contributed by atoms with Gasteiger partial charge in [-0.1, -0.05) is 0 Å². The number of aryl methyl sites for hydroxylation is 3. The summed E-state index contributed by atoms with van der Waals surface area (Å²) in [6.45, 7) is 2.04. The van der Waals surface area contributed by atoms with Crippen molar-refractivity contribution < 1.29 is 9.53 Å². The number of carbonyl (C=O) groups is 1. The molecule has 0 fully saturated rings. The summed E-state index contributed by atoms with van der Waals surface area (Å²) in [4.78, 5) is 11.9. The lowest BCUT2D eigenvalue weighted by Crippen LogP contribution is -2.14. The Morgan fingerprint density at radius 1 is 1.47 bits per heavy atom. The van der Waals surface area contributed by atoms with Crippen molar-refractivity contribution in [3.63, 3.8) is 0 Å². The molecule has 2 aromatic heterocycles. The first-order valence-corrected chi connectivity index (χ1v) is 5.92. The zero-order valence-electron chi connectivity index (χ0n) is 11.3. The van der Waals surface area contributed by atoms with Gasteiger partial charge in [-0.05, 0) is 12.5 Å². The Labute approximate surface area is 111 Å². The Hall–Kier alpha value is -2.31. The molecule has 7 nitrogen and oxygen atoms in total. The molecule has 0 saturated heterocycles. The van der Waals surface area contributed by atoms with Gasteiger partial charge in [0.05, 0.1) is 24.2 Å². The van der Waals surface area contributed by atoms with E-state index in [2.05, 4.69) is 10.2 Å². The van der Waals surface area contributed by atoms with E-state index < -0.39 is 5.97 Å². The maximum atomic E-state index is 11.9. The van der Waals surface area contributed by atoms with Gasteiger partial charge in [-0.3, -0.25) is 9.36 Å². The van der Waals surface area contributed by atoms with Crippen molar-refractivity contribution in [1.29, 1.82) is 0 Å². The second kappa shape index (κ2) is 5.13. The van der Waals surface area contributed by atoms with Crippen LogP contribution in [0.15, 0.2) is 12.4 Å². The van der Waals surface area contributed by atoms with Crippen molar-refractivity contribution in [2.45, 2.75) is 13.3 Å². The molecule has 0 aliphatic rings. The lowest BCUT2D eigenvalue weighted by Gasteiger charge is -2.04. The van der Waals surface area contributed by atoms with E-state index in [0.29, 0.717) is 23.5 Å². The SMILES string of the molecule is Cc1nn(C)c(C(=O)OCCc2cnn(C)c2)c1N. The average molecular weight is 263 g/mol. The summed E-state index contributed by atoms with van der Waals surface area (Å²) in [7, 11) is 3.51. The predicted molar refractivity (Wildman–Crippen MR) is 69.6 cm³/mol. The smallest absolute Gasteiger partial charge is 0.358 e. The first-order valence-electron chi connectivity index (χ1n) is 5.92. The number of aromatic nitrogens is 4. The molecule has 0 bridgehead atoms. The molecule has 0 unspecified atom stereocenters. The van der Waals surface area contributed by atoms with E-state index in [1.807, 2.05) is 13.2 Å². The molecule has 0 spiro atoms. The van der Waals surface area contributed by atoms with E-state index in [9.17, 15) is 4.79 Å². The Balaban J connectivity index is 1.94. The molecule has 19 heavy (non-hydrogen) atoms. The number of nitrogen functional groups attached to an aromatic ring is 1. The second-order valence-corrected chi connectivity index (χ2v) is 4.38. The molecular weight excluding hydrogens is 246 g/mol. The Bertz CT molecular complexity index is 599. The minimum absolute atomic E-state index is 0.286. The Morgan fingerprint density at radius 3 is 2.74 bits per heavy atom. The third kappa shape index (κ3) is 2.75. The molecule has 0 radical (unpaired) electrons. The van der Waals surface area contributed by atoms with Crippen LogP contribution in [0.3, 0.4) is 0 Å². The van der Waals surface area contributed by atoms with E-state index in [1.54, 1.807) is 24.9 Å². The van der Waals surface area contributed by atoms with Gasteiger partial charge in [-0.2, -0.15) is 10.2 Å². The van der Waals surface area contributed by atoms with Crippen molar-refractivity contribution in [3.8, 4) is 0 Å². The van der Waals surface area contributed by atoms with Gasteiger partial charge in [0.2, 0.25) is 0 Å². The average Bonchev–Trinajstić information content (AvgIpc) is 2.84. The molecule has 0 atom stereocenters. The van der Waals surface area contributed by atoms with Gasteiger partial charge in [0, 0.05) is 26.7 Å². The van der Waals surface area contributed by atoms with Gasteiger partial charge >= 0.3 is 5.97 Å². The molecule has 0 aliphatic carbocycles. The van der Waals surface area contributed by atoms with Gasteiger partial charge in [-0.25, -0.2) is 4.79 Å². The van der Waals surface area contributed by atoms with Crippen molar-refractivity contribution in [2.75, 3.05) is 12.3 Å².